The normalized spacial score (nSPS) is 15.1. The molecule has 0 aromatic rings. The number of methoxy groups -OCH3 is 1. The maximum absolute atomic E-state index is 11.3. The Labute approximate surface area is 93.0 Å². The van der Waals surface area contributed by atoms with Crippen molar-refractivity contribution in [2.45, 2.75) is 38.8 Å². The molecule has 0 aromatic carbocycles. The summed E-state index contributed by atoms with van der Waals surface area (Å²) in [5, 5.41) is 2.96. The number of rotatable bonds is 7. The van der Waals surface area contributed by atoms with Crippen molar-refractivity contribution >= 4 is 5.97 Å². The van der Waals surface area contributed by atoms with Gasteiger partial charge in [-0.3, -0.25) is 4.79 Å². The van der Waals surface area contributed by atoms with Crippen LogP contribution in [0.4, 0.5) is 0 Å². The van der Waals surface area contributed by atoms with Gasteiger partial charge >= 0.3 is 5.97 Å². The standard InChI is InChI=1S/C11H24N2O2/c1-6-9(2)13(4)8-7-10(12-3)11(14)15-5/h9-10,12H,6-8H2,1-5H3. The molecule has 0 aliphatic carbocycles. The van der Waals surface area contributed by atoms with Crippen LogP contribution in [-0.2, 0) is 9.53 Å². The molecule has 2 atom stereocenters. The lowest BCUT2D eigenvalue weighted by Crippen LogP contribution is -2.39. The molecular formula is C11H24N2O2. The van der Waals surface area contributed by atoms with E-state index in [2.05, 4.69) is 31.1 Å². The molecule has 1 N–H and O–H groups in total. The summed E-state index contributed by atoms with van der Waals surface area (Å²) in [5.41, 5.74) is 0. The molecule has 90 valence electrons. The van der Waals surface area contributed by atoms with Crippen LogP contribution in [0.5, 0.6) is 0 Å². The van der Waals surface area contributed by atoms with Gasteiger partial charge in [0, 0.05) is 12.6 Å². The van der Waals surface area contributed by atoms with Gasteiger partial charge in [0.05, 0.1) is 7.11 Å². The van der Waals surface area contributed by atoms with Crippen LogP contribution in [0.2, 0.25) is 0 Å². The highest BCUT2D eigenvalue weighted by molar-refractivity contribution is 5.75. The summed E-state index contributed by atoms with van der Waals surface area (Å²) in [6.07, 6.45) is 1.91. The zero-order valence-electron chi connectivity index (χ0n) is 10.5. The van der Waals surface area contributed by atoms with Crippen molar-refractivity contribution < 1.29 is 9.53 Å². The quantitative estimate of drug-likeness (QED) is 0.641. The van der Waals surface area contributed by atoms with Crippen LogP contribution in [0.25, 0.3) is 0 Å². The number of nitrogens with zero attached hydrogens (tertiary/aromatic N) is 1. The minimum absolute atomic E-state index is 0.185. The smallest absolute Gasteiger partial charge is 0.322 e. The maximum Gasteiger partial charge on any atom is 0.322 e. The number of hydrogen-bond donors (Lipinski definition) is 1. The molecule has 2 unspecified atom stereocenters. The number of esters is 1. The first-order valence-electron chi connectivity index (χ1n) is 5.52. The number of carbonyl (C=O) groups is 1. The molecule has 0 fully saturated rings. The molecule has 0 aliphatic heterocycles. The monoisotopic (exact) mass is 216 g/mol. The molecule has 0 aromatic heterocycles. The lowest BCUT2D eigenvalue weighted by atomic mass is 10.1. The average molecular weight is 216 g/mol. The summed E-state index contributed by atoms with van der Waals surface area (Å²) in [6.45, 7) is 5.25. The number of likely N-dealkylation sites (N-methyl/N-ethyl adjacent to an activating group) is 1. The Balaban J connectivity index is 3.95. The summed E-state index contributed by atoms with van der Waals surface area (Å²) in [6, 6.07) is 0.363. The summed E-state index contributed by atoms with van der Waals surface area (Å²) in [7, 11) is 5.29. The van der Waals surface area contributed by atoms with Crippen LogP contribution in [0.15, 0.2) is 0 Å². The average Bonchev–Trinajstić information content (AvgIpc) is 2.27. The number of hydrogen-bond acceptors (Lipinski definition) is 4. The van der Waals surface area contributed by atoms with E-state index in [-0.39, 0.29) is 12.0 Å². The molecule has 0 rings (SSSR count). The van der Waals surface area contributed by atoms with Gasteiger partial charge < -0.3 is 15.0 Å². The van der Waals surface area contributed by atoms with Crippen molar-refractivity contribution in [1.82, 2.24) is 10.2 Å². The molecule has 15 heavy (non-hydrogen) atoms. The van der Waals surface area contributed by atoms with Crippen molar-refractivity contribution in [2.75, 3.05) is 27.7 Å². The number of ether oxygens (including phenoxy) is 1. The van der Waals surface area contributed by atoms with E-state index in [9.17, 15) is 4.79 Å². The van der Waals surface area contributed by atoms with Gasteiger partial charge in [-0.2, -0.15) is 0 Å². The minimum atomic E-state index is -0.193. The lowest BCUT2D eigenvalue weighted by molar-refractivity contribution is -0.143. The van der Waals surface area contributed by atoms with E-state index in [1.807, 2.05) is 0 Å². The fraction of sp³-hybridized carbons (Fsp3) is 0.909. The van der Waals surface area contributed by atoms with E-state index in [4.69, 9.17) is 4.74 Å². The highest BCUT2D eigenvalue weighted by Gasteiger charge is 2.17. The Kier molecular flexibility index (Phi) is 7.34. The second kappa shape index (κ2) is 7.65. The van der Waals surface area contributed by atoms with Gasteiger partial charge in [-0.25, -0.2) is 0 Å². The topological polar surface area (TPSA) is 41.6 Å². The first kappa shape index (κ1) is 14.4. The third kappa shape index (κ3) is 5.14. The first-order chi connectivity index (χ1) is 7.06. The summed E-state index contributed by atoms with van der Waals surface area (Å²) in [5.74, 6) is -0.185. The van der Waals surface area contributed by atoms with Crippen LogP contribution in [0.1, 0.15) is 26.7 Å². The Morgan fingerprint density at radius 3 is 2.53 bits per heavy atom. The van der Waals surface area contributed by atoms with Crippen LogP contribution < -0.4 is 5.32 Å². The van der Waals surface area contributed by atoms with Gasteiger partial charge in [-0.1, -0.05) is 6.92 Å². The highest BCUT2D eigenvalue weighted by Crippen LogP contribution is 2.03. The molecule has 0 heterocycles. The second-order valence-electron chi connectivity index (χ2n) is 3.89. The zero-order valence-corrected chi connectivity index (χ0v) is 10.5. The predicted octanol–water partition coefficient (Wildman–Crippen LogP) is 0.868. The summed E-state index contributed by atoms with van der Waals surface area (Å²) in [4.78, 5) is 13.5. The molecule has 4 nitrogen and oxygen atoms in total. The third-order valence-electron chi connectivity index (χ3n) is 2.95. The van der Waals surface area contributed by atoms with Crippen molar-refractivity contribution in [1.29, 1.82) is 0 Å². The molecule has 0 radical (unpaired) electrons. The van der Waals surface area contributed by atoms with Crippen LogP contribution in [0, 0.1) is 0 Å². The van der Waals surface area contributed by atoms with E-state index >= 15 is 0 Å². The SMILES string of the molecule is CCC(C)N(C)CCC(NC)C(=O)OC. The molecule has 0 amide bonds. The van der Waals surface area contributed by atoms with Gasteiger partial charge in [0.15, 0.2) is 0 Å². The molecule has 0 saturated heterocycles. The summed E-state index contributed by atoms with van der Waals surface area (Å²) >= 11 is 0. The van der Waals surface area contributed by atoms with Gasteiger partial charge in [0.25, 0.3) is 0 Å². The molecular weight excluding hydrogens is 192 g/mol. The first-order valence-corrected chi connectivity index (χ1v) is 5.52. The number of nitrogens with one attached hydrogen (secondary N) is 1. The van der Waals surface area contributed by atoms with Gasteiger partial charge in [-0.05, 0) is 33.9 Å². The Bertz CT molecular complexity index is 185. The Hall–Kier alpha value is -0.610. The minimum Gasteiger partial charge on any atom is -0.468 e. The van der Waals surface area contributed by atoms with Crippen LogP contribution in [0.3, 0.4) is 0 Å². The zero-order chi connectivity index (χ0) is 11.8. The van der Waals surface area contributed by atoms with Crippen LogP contribution in [-0.4, -0.2) is 50.7 Å². The third-order valence-corrected chi connectivity index (χ3v) is 2.95. The van der Waals surface area contributed by atoms with Crippen molar-refractivity contribution in [2.24, 2.45) is 0 Å². The highest BCUT2D eigenvalue weighted by atomic mass is 16.5. The predicted molar refractivity (Wildman–Crippen MR) is 61.9 cm³/mol. The van der Waals surface area contributed by atoms with E-state index in [0.717, 1.165) is 19.4 Å². The largest absolute Gasteiger partial charge is 0.468 e. The molecule has 0 spiro atoms. The number of carbonyl (C=O) groups excluding carboxylic acids is 1. The molecule has 0 aliphatic rings. The van der Waals surface area contributed by atoms with Crippen LogP contribution >= 0.6 is 0 Å². The molecule has 4 heteroatoms. The van der Waals surface area contributed by atoms with Gasteiger partial charge in [0.1, 0.15) is 6.04 Å². The van der Waals surface area contributed by atoms with Gasteiger partial charge in [0.2, 0.25) is 0 Å². The lowest BCUT2D eigenvalue weighted by Gasteiger charge is -2.25. The van der Waals surface area contributed by atoms with E-state index in [1.165, 1.54) is 7.11 Å². The maximum atomic E-state index is 11.3. The Morgan fingerprint density at radius 2 is 2.13 bits per heavy atom. The second-order valence-corrected chi connectivity index (χ2v) is 3.89. The summed E-state index contributed by atoms with van der Waals surface area (Å²) < 4.78 is 4.70. The van der Waals surface area contributed by atoms with Gasteiger partial charge in [-0.15, -0.1) is 0 Å². The van der Waals surface area contributed by atoms with E-state index < -0.39 is 0 Å². The van der Waals surface area contributed by atoms with E-state index in [1.54, 1.807) is 7.05 Å². The molecule has 0 saturated carbocycles. The fourth-order valence-electron chi connectivity index (χ4n) is 1.39. The Morgan fingerprint density at radius 1 is 1.53 bits per heavy atom. The van der Waals surface area contributed by atoms with E-state index in [0.29, 0.717) is 6.04 Å². The fourth-order valence-corrected chi connectivity index (χ4v) is 1.39. The van der Waals surface area contributed by atoms with Crippen molar-refractivity contribution in [3.8, 4) is 0 Å². The van der Waals surface area contributed by atoms with Crippen molar-refractivity contribution in [3.05, 3.63) is 0 Å². The van der Waals surface area contributed by atoms with Crippen molar-refractivity contribution in [3.63, 3.8) is 0 Å². The molecule has 0 bridgehead atoms.